The monoisotopic (exact) mass is 442 g/mol. The Bertz CT molecular complexity index is 1020. The predicted octanol–water partition coefficient (Wildman–Crippen LogP) is 2.90. The number of carbonyl (C=O) groups excluding carboxylic acids is 4. The molecule has 0 saturated carbocycles. The molecule has 0 saturated heterocycles. The van der Waals surface area contributed by atoms with E-state index in [-0.39, 0.29) is 42.5 Å². The van der Waals surface area contributed by atoms with Gasteiger partial charge in [0, 0.05) is 6.92 Å². The number of ether oxygens (including phenoxy) is 3. The van der Waals surface area contributed by atoms with Crippen LogP contribution in [0.15, 0.2) is 36.0 Å². The predicted molar refractivity (Wildman–Crippen MR) is 115 cm³/mol. The molecule has 0 atom stereocenters. The van der Waals surface area contributed by atoms with Crippen molar-refractivity contribution in [3.8, 4) is 0 Å². The van der Waals surface area contributed by atoms with Gasteiger partial charge < -0.3 is 24.5 Å². The third-order valence-electron chi connectivity index (χ3n) is 4.28. The van der Waals surface area contributed by atoms with Gasteiger partial charge >= 0.3 is 17.9 Å². The maximum atomic E-state index is 12.7. The first-order chi connectivity index (χ1) is 15.3. The van der Waals surface area contributed by atoms with E-state index in [0.717, 1.165) is 0 Å². The lowest BCUT2D eigenvalue weighted by molar-refractivity contribution is -0.141. The molecule has 2 aromatic rings. The Morgan fingerprint density at radius 3 is 2.19 bits per heavy atom. The van der Waals surface area contributed by atoms with Crippen molar-refractivity contribution in [1.29, 1.82) is 0 Å². The molecular weight excluding hydrogens is 416 g/mol. The number of hydrogen-bond acceptors (Lipinski definition) is 7. The zero-order valence-electron chi connectivity index (χ0n) is 18.4. The van der Waals surface area contributed by atoms with Gasteiger partial charge in [-0.3, -0.25) is 4.79 Å². The Hall–Kier alpha value is -3.88. The Labute approximate surface area is 185 Å². The number of rotatable bonds is 9. The van der Waals surface area contributed by atoms with Crippen LogP contribution in [-0.2, 0) is 30.4 Å². The number of carbonyl (C=O) groups is 4. The minimum Gasteiger partial charge on any atom is -0.462 e. The topological polar surface area (TPSA) is 124 Å². The number of aromatic nitrogens is 1. The van der Waals surface area contributed by atoms with E-state index in [0.29, 0.717) is 11.1 Å². The zero-order valence-corrected chi connectivity index (χ0v) is 18.4. The first kappa shape index (κ1) is 24.4. The molecule has 9 heteroatoms. The lowest BCUT2D eigenvalue weighted by atomic mass is 10.1. The van der Waals surface area contributed by atoms with Crippen molar-refractivity contribution in [3.05, 3.63) is 64.1 Å². The van der Waals surface area contributed by atoms with E-state index in [1.807, 2.05) is 6.07 Å². The molecule has 2 N–H and O–H groups in total. The molecule has 0 aliphatic carbocycles. The molecular formula is C23H26N2O7. The van der Waals surface area contributed by atoms with Crippen LogP contribution in [0.3, 0.4) is 0 Å². The second-order valence-electron chi connectivity index (χ2n) is 6.65. The number of amides is 1. The van der Waals surface area contributed by atoms with E-state index in [1.54, 1.807) is 45.0 Å². The highest BCUT2D eigenvalue weighted by Crippen LogP contribution is 2.22. The molecule has 170 valence electrons. The van der Waals surface area contributed by atoms with Gasteiger partial charge in [0.05, 0.1) is 24.5 Å². The van der Waals surface area contributed by atoms with Crippen LogP contribution < -0.4 is 5.32 Å². The minimum absolute atomic E-state index is 0.0721. The van der Waals surface area contributed by atoms with Gasteiger partial charge in [0.25, 0.3) is 0 Å². The zero-order chi connectivity index (χ0) is 23.7. The van der Waals surface area contributed by atoms with E-state index >= 15 is 0 Å². The van der Waals surface area contributed by atoms with Gasteiger partial charge in [-0.2, -0.15) is 0 Å². The number of nitrogens with one attached hydrogen (secondary N) is 2. The molecule has 1 amide bonds. The van der Waals surface area contributed by atoms with Gasteiger partial charge in [0.15, 0.2) is 0 Å². The van der Waals surface area contributed by atoms with Gasteiger partial charge in [-0.1, -0.05) is 30.3 Å². The lowest BCUT2D eigenvalue weighted by Crippen LogP contribution is -2.26. The quantitative estimate of drug-likeness (QED) is 0.348. The molecule has 9 nitrogen and oxygen atoms in total. The van der Waals surface area contributed by atoms with Crippen LogP contribution in [0, 0.1) is 6.92 Å². The molecule has 0 spiro atoms. The van der Waals surface area contributed by atoms with E-state index in [1.165, 1.54) is 13.0 Å². The Kier molecular flexibility index (Phi) is 8.76. The molecule has 1 aromatic heterocycles. The Morgan fingerprint density at radius 2 is 1.59 bits per heavy atom. The summed E-state index contributed by atoms with van der Waals surface area (Å²) in [5, 5.41) is 2.45. The first-order valence-electron chi connectivity index (χ1n) is 10.1. The molecule has 0 aliphatic heterocycles. The second kappa shape index (κ2) is 11.5. The van der Waals surface area contributed by atoms with Crippen molar-refractivity contribution in [1.82, 2.24) is 10.3 Å². The summed E-state index contributed by atoms with van der Waals surface area (Å²) in [6.45, 7) is 6.07. The third-order valence-corrected chi connectivity index (χ3v) is 4.28. The smallest absolute Gasteiger partial charge is 0.355 e. The largest absolute Gasteiger partial charge is 0.462 e. The summed E-state index contributed by atoms with van der Waals surface area (Å²) in [4.78, 5) is 51.7. The molecule has 0 fully saturated rings. The standard InChI is InChI=1S/C23H26N2O7/c1-5-30-22(28)19-14(3)20(23(29)31-6-2)25-18(19)13-32-21(27)17(24-15(4)26)12-16-10-8-7-9-11-16/h7-12,25H,5-6,13H2,1-4H3,(H,24,26). The van der Waals surface area contributed by atoms with Crippen molar-refractivity contribution in [2.24, 2.45) is 0 Å². The van der Waals surface area contributed by atoms with Gasteiger partial charge in [0.1, 0.15) is 18.0 Å². The highest BCUT2D eigenvalue weighted by Gasteiger charge is 2.26. The molecule has 2 rings (SSSR count). The van der Waals surface area contributed by atoms with Gasteiger partial charge in [0.2, 0.25) is 5.91 Å². The summed E-state index contributed by atoms with van der Waals surface area (Å²) < 4.78 is 15.4. The maximum absolute atomic E-state index is 12.7. The molecule has 32 heavy (non-hydrogen) atoms. The molecule has 0 bridgehead atoms. The highest BCUT2D eigenvalue weighted by atomic mass is 16.5. The molecule has 0 radical (unpaired) electrons. The van der Waals surface area contributed by atoms with Crippen LogP contribution >= 0.6 is 0 Å². The van der Waals surface area contributed by atoms with Crippen molar-refractivity contribution in [2.45, 2.75) is 34.3 Å². The second-order valence-corrected chi connectivity index (χ2v) is 6.65. The number of aromatic amines is 1. The molecule has 1 heterocycles. The number of esters is 3. The van der Waals surface area contributed by atoms with Gasteiger partial charge in [-0.05, 0) is 38.0 Å². The number of hydrogen-bond donors (Lipinski definition) is 2. The maximum Gasteiger partial charge on any atom is 0.355 e. The molecule has 0 aliphatic rings. The van der Waals surface area contributed by atoms with Crippen molar-refractivity contribution < 1.29 is 33.4 Å². The SMILES string of the molecule is CCOC(=O)c1[nH]c(COC(=O)C(=Cc2ccccc2)NC(C)=O)c(C(=O)OCC)c1C. The highest BCUT2D eigenvalue weighted by molar-refractivity contribution is 5.99. The lowest BCUT2D eigenvalue weighted by Gasteiger charge is -2.10. The van der Waals surface area contributed by atoms with Crippen LogP contribution in [0.25, 0.3) is 6.08 Å². The van der Waals surface area contributed by atoms with E-state index < -0.39 is 23.8 Å². The fraction of sp³-hybridized carbons (Fsp3) is 0.304. The van der Waals surface area contributed by atoms with Crippen molar-refractivity contribution in [3.63, 3.8) is 0 Å². The summed E-state index contributed by atoms with van der Waals surface area (Å²) in [5.74, 6) is -2.57. The summed E-state index contributed by atoms with van der Waals surface area (Å²) in [7, 11) is 0. The number of benzene rings is 1. The van der Waals surface area contributed by atoms with E-state index in [9.17, 15) is 19.2 Å². The molecule has 0 unspecified atom stereocenters. The fourth-order valence-electron chi connectivity index (χ4n) is 2.92. The van der Waals surface area contributed by atoms with Gasteiger partial charge in [-0.15, -0.1) is 0 Å². The van der Waals surface area contributed by atoms with Crippen LogP contribution in [0.4, 0.5) is 0 Å². The summed E-state index contributed by atoms with van der Waals surface area (Å²) in [5.41, 5.74) is 1.28. The fourth-order valence-corrected chi connectivity index (χ4v) is 2.92. The Balaban J connectivity index is 2.31. The normalized spacial score (nSPS) is 10.9. The van der Waals surface area contributed by atoms with E-state index in [4.69, 9.17) is 14.2 Å². The van der Waals surface area contributed by atoms with E-state index in [2.05, 4.69) is 10.3 Å². The van der Waals surface area contributed by atoms with Crippen LogP contribution in [0.5, 0.6) is 0 Å². The first-order valence-corrected chi connectivity index (χ1v) is 10.1. The molecule has 1 aromatic carbocycles. The van der Waals surface area contributed by atoms with Crippen LogP contribution in [-0.4, -0.2) is 42.0 Å². The van der Waals surface area contributed by atoms with Gasteiger partial charge in [-0.25, -0.2) is 14.4 Å². The van der Waals surface area contributed by atoms with Crippen molar-refractivity contribution in [2.75, 3.05) is 13.2 Å². The van der Waals surface area contributed by atoms with Crippen LogP contribution in [0.1, 0.15) is 58.4 Å². The summed E-state index contributed by atoms with van der Waals surface area (Å²) in [6, 6.07) is 8.90. The third kappa shape index (κ3) is 6.31. The summed E-state index contributed by atoms with van der Waals surface area (Å²) in [6.07, 6.45) is 1.47. The minimum atomic E-state index is -0.816. The summed E-state index contributed by atoms with van der Waals surface area (Å²) >= 11 is 0. The van der Waals surface area contributed by atoms with Crippen molar-refractivity contribution >= 4 is 29.9 Å². The number of H-pyrrole nitrogens is 1. The average molecular weight is 442 g/mol. The Morgan fingerprint density at radius 1 is 0.969 bits per heavy atom. The van der Waals surface area contributed by atoms with Crippen LogP contribution in [0.2, 0.25) is 0 Å². The average Bonchev–Trinajstić information content (AvgIpc) is 3.08.